The van der Waals surface area contributed by atoms with Crippen LogP contribution in [0.1, 0.15) is 32.0 Å². The number of rotatable bonds is 6. The summed E-state index contributed by atoms with van der Waals surface area (Å²) >= 11 is 0. The molecule has 0 aliphatic rings. The predicted octanol–water partition coefficient (Wildman–Crippen LogP) is 1.34. The molecule has 1 rings (SSSR count). The van der Waals surface area contributed by atoms with E-state index in [1.54, 1.807) is 12.3 Å². The highest BCUT2D eigenvalue weighted by atomic mass is 15.0. The van der Waals surface area contributed by atoms with Gasteiger partial charge in [-0.1, -0.05) is 19.8 Å². The number of nitrogen functional groups attached to an aromatic ring is 1. The standard InChI is InChI=1S/C10H18N4/c1-2-3-4-6-12-8-10-13-7-5-9(11)14-10/h5,7,12H,2-4,6,8H2,1H3,(H2,11,13,14). The quantitative estimate of drug-likeness (QED) is 0.671. The van der Waals surface area contributed by atoms with E-state index >= 15 is 0 Å². The summed E-state index contributed by atoms with van der Waals surface area (Å²) in [6, 6.07) is 1.70. The van der Waals surface area contributed by atoms with Crippen molar-refractivity contribution in [2.45, 2.75) is 32.7 Å². The molecule has 0 aromatic carbocycles. The van der Waals surface area contributed by atoms with Gasteiger partial charge in [-0.05, 0) is 19.0 Å². The lowest BCUT2D eigenvalue weighted by molar-refractivity contribution is 0.603. The Balaban J connectivity index is 2.18. The molecule has 0 atom stereocenters. The second kappa shape index (κ2) is 6.32. The summed E-state index contributed by atoms with van der Waals surface area (Å²) < 4.78 is 0. The molecule has 1 aromatic rings. The number of unbranched alkanes of at least 4 members (excludes halogenated alkanes) is 2. The van der Waals surface area contributed by atoms with Crippen LogP contribution >= 0.6 is 0 Å². The van der Waals surface area contributed by atoms with Gasteiger partial charge in [0.2, 0.25) is 0 Å². The largest absolute Gasteiger partial charge is 0.384 e. The third-order valence-corrected chi connectivity index (χ3v) is 1.97. The van der Waals surface area contributed by atoms with E-state index in [2.05, 4.69) is 22.2 Å². The Kier molecular flexibility index (Phi) is 4.93. The normalized spacial score (nSPS) is 10.4. The van der Waals surface area contributed by atoms with Crippen LogP contribution in [0.5, 0.6) is 0 Å². The van der Waals surface area contributed by atoms with E-state index < -0.39 is 0 Å². The lowest BCUT2D eigenvalue weighted by Gasteiger charge is -2.03. The average Bonchev–Trinajstić information content (AvgIpc) is 2.18. The van der Waals surface area contributed by atoms with Gasteiger partial charge < -0.3 is 11.1 Å². The topological polar surface area (TPSA) is 63.8 Å². The van der Waals surface area contributed by atoms with E-state index in [-0.39, 0.29) is 0 Å². The van der Waals surface area contributed by atoms with Crippen LogP contribution in [0.15, 0.2) is 12.3 Å². The molecule has 4 nitrogen and oxygen atoms in total. The average molecular weight is 194 g/mol. The first-order valence-corrected chi connectivity index (χ1v) is 5.11. The molecule has 3 N–H and O–H groups in total. The number of aromatic nitrogens is 2. The molecule has 0 saturated heterocycles. The molecule has 0 saturated carbocycles. The van der Waals surface area contributed by atoms with Crippen molar-refractivity contribution in [1.29, 1.82) is 0 Å². The van der Waals surface area contributed by atoms with Gasteiger partial charge in [-0.25, -0.2) is 9.97 Å². The highest BCUT2D eigenvalue weighted by Crippen LogP contribution is 1.96. The summed E-state index contributed by atoms with van der Waals surface area (Å²) in [6.07, 6.45) is 5.41. The minimum absolute atomic E-state index is 0.533. The zero-order valence-electron chi connectivity index (χ0n) is 8.66. The van der Waals surface area contributed by atoms with Gasteiger partial charge in [0.1, 0.15) is 11.6 Å². The minimum Gasteiger partial charge on any atom is -0.384 e. The Morgan fingerprint density at radius 3 is 3.00 bits per heavy atom. The molecule has 0 fully saturated rings. The molecule has 1 aromatic heterocycles. The molecule has 0 aliphatic heterocycles. The maximum atomic E-state index is 5.53. The molecular formula is C10H18N4. The van der Waals surface area contributed by atoms with Crippen molar-refractivity contribution >= 4 is 5.82 Å². The van der Waals surface area contributed by atoms with Crippen LogP contribution in [0.2, 0.25) is 0 Å². The molecular weight excluding hydrogens is 176 g/mol. The fourth-order valence-electron chi connectivity index (χ4n) is 1.20. The first-order valence-electron chi connectivity index (χ1n) is 5.11. The molecule has 0 amide bonds. The molecule has 0 unspecified atom stereocenters. The summed E-state index contributed by atoms with van der Waals surface area (Å²) in [6.45, 7) is 3.92. The van der Waals surface area contributed by atoms with Gasteiger partial charge in [0.05, 0.1) is 6.54 Å². The van der Waals surface area contributed by atoms with E-state index in [4.69, 9.17) is 5.73 Å². The fraction of sp³-hybridized carbons (Fsp3) is 0.600. The second-order valence-corrected chi connectivity index (χ2v) is 3.28. The summed E-state index contributed by atoms with van der Waals surface area (Å²) in [4.78, 5) is 8.20. The van der Waals surface area contributed by atoms with Gasteiger partial charge in [-0.2, -0.15) is 0 Å². The van der Waals surface area contributed by atoms with Crippen LogP contribution in [0, 0.1) is 0 Å². The highest BCUT2D eigenvalue weighted by Gasteiger charge is 1.95. The van der Waals surface area contributed by atoms with Crippen LogP contribution in [-0.4, -0.2) is 16.5 Å². The Morgan fingerprint density at radius 2 is 2.29 bits per heavy atom. The van der Waals surface area contributed by atoms with Crippen LogP contribution in [-0.2, 0) is 6.54 Å². The number of hydrogen-bond donors (Lipinski definition) is 2. The number of nitrogens with one attached hydrogen (secondary N) is 1. The Bertz CT molecular complexity index is 262. The van der Waals surface area contributed by atoms with E-state index in [9.17, 15) is 0 Å². The highest BCUT2D eigenvalue weighted by molar-refractivity contribution is 5.24. The van der Waals surface area contributed by atoms with Crippen molar-refractivity contribution in [3.63, 3.8) is 0 Å². The molecule has 0 aliphatic carbocycles. The van der Waals surface area contributed by atoms with Crippen LogP contribution in [0.25, 0.3) is 0 Å². The number of nitrogens with zero attached hydrogens (tertiary/aromatic N) is 2. The summed E-state index contributed by atoms with van der Waals surface area (Å²) in [7, 11) is 0. The first kappa shape index (κ1) is 10.9. The maximum absolute atomic E-state index is 5.53. The van der Waals surface area contributed by atoms with Crippen LogP contribution in [0.4, 0.5) is 5.82 Å². The van der Waals surface area contributed by atoms with Crippen molar-refractivity contribution in [3.8, 4) is 0 Å². The summed E-state index contributed by atoms with van der Waals surface area (Å²) in [5.74, 6) is 1.30. The Morgan fingerprint density at radius 1 is 1.43 bits per heavy atom. The van der Waals surface area contributed by atoms with E-state index in [1.165, 1.54) is 19.3 Å². The number of nitrogens with two attached hydrogens (primary N) is 1. The zero-order chi connectivity index (χ0) is 10.2. The van der Waals surface area contributed by atoms with Crippen molar-refractivity contribution in [1.82, 2.24) is 15.3 Å². The van der Waals surface area contributed by atoms with Gasteiger partial charge in [0.25, 0.3) is 0 Å². The van der Waals surface area contributed by atoms with Crippen LogP contribution in [0.3, 0.4) is 0 Å². The molecule has 0 bridgehead atoms. The zero-order valence-corrected chi connectivity index (χ0v) is 8.66. The minimum atomic E-state index is 0.533. The van der Waals surface area contributed by atoms with Gasteiger partial charge in [-0.15, -0.1) is 0 Å². The summed E-state index contributed by atoms with van der Waals surface area (Å²) in [5, 5.41) is 3.28. The SMILES string of the molecule is CCCCCNCc1nccc(N)n1. The van der Waals surface area contributed by atoms with E-state index in [1.807, 2.05) is 0 Å². The van der Waals surface area contributed by atoms with Gasteiger partial charge in [0, 0.05) is 6.20 Å². The smallest absolute Gasteiger partial charge is 0.144 e. The fourth-order valence-corrected chi connectivity index (χ4v) is 1.20. The summed E-state index contributed by atoms with van der Waals surface area (Å²) in [5.41, 5.74) is 5.53. The maximum Gasteiger partial charge on any atom is 0.144 e. The lowest BCUT2D eigenvalue weighted by Crippen LogP contribution is -2.16. The van der Waals surface area contributed by atoms with E-state index in [0.717, 1.165) is 12.4 Å². The first-order chi connectivity index (χ1) is 6.83. The molecule has 1 heterocycles. The van der Waals surface area contributed by atoms with Gasteiger partial charge in [0.15, 0.2) is 0 Å². The predicted molar refractivity (Wildman–Crippen MR) is 57.7 cm³/mol. The van der Waals surface area contributed by atoms with Crippen molar-refractivity contribution < 1.29 is 0 Å². The van der Waals surface area contributed by atoms with Crippen LogP contribution < -0.4 is 11.1 Å². The molecule has 14 heavy (non-hydrogen) atoms. The monoisotopic (exact) mass is 194 g/mol. The van der Waals surface area contributed by atoms with Crippen molar-refractivity contribution in [2.24, 2.45) is 0 Å². The van der Waals surface area contributed by atoms with Crippen molar-refractivity contribution in [3.05, 3.63) is 18.1 Å². The van der Waals surface area contributed by atoms with E-state index in [0.29, 0.717) is 12.4 Å². The molecule has 78 valence electrons. The number of anilines is 1. The molecule has 4 heteroatoms. The van der Waals surface area contributed by atoms with Gasteiger partial charge in [-0.3, -0.25) is 0 Å². The lowest BCUT2D eigenvalue weighted by atomic mass is 10.2. The second-order valence-electron chi connectivity index (χ2n) is 3.28. The number of hydrogen-bond acceptors (Lipinski definition) is 4. The third kappa shape index (κ3) is 4.18. The van der Waals surface area contributed by atoms with Gasteiger partial charge >= 0.3 is 0 Å². The molecule has 0 radical (unpaired) electrons. The third-order valence-electron chi connectivity index (χ3n) is 1.97. The molecule has 0 spiro atoms. The Labute approximate surface area is 85.0 Å². The Hall–Kier alpha value is -1.16. The van der Waals surface area contributed by atoms with Crippen molar-refractivity contribution in [2.75, 3.05) is 12.3 Å².